The van der Waals surface area contributed by atoms with Gasteiger partial charge in [0.25, 0.3) is 0 Å². The summed E-state index contributed by atoms with van der Waals surface area (Å²) in [6.45, 7) is 6.55. The molecule has 2 aromatic rings. The van der Waals surface area contributed by atoms with Crippen LogP contribution in [0.25, 0.3) is 0 Å². The maximum absolute atomic E-state index is 12.8. The zero-order valence-electron chi connectivity index (χ0n) is 15.6. The van der Waals surface area contributed by atoms with Crippen molar-refractivity contribution in [2.24, 2.45) is 0 Å². The maximum atomic E-state index is 12.8. The van der Waals surface area contributed by atoms with Gasteiger partial charge in [0, 0.05) is 48.3 Å². The van der Waals surface area contributed by atoms with Gasteiger partial charge >= 0.3 is 5.82 Å². The van der Waals surface area contributed by atoms with E-state index < -0.39 is 11.0 Å². The molecule has 0 saturated carbocycles. The molecule has 0 spiro atoms. The van der Waals surface area contributed by atoms with Gasteiger partial charge in [-0.1, -0.05) is 29.3 Å². The van der Waals surface area contributed by atoms with E-state index in [-0.39, 0.29) is 11.7 Å². The van der Waals surface area contributed by atoms with Crippen LogP contribution in [0.2, 0.25) is 10.0 Å². The summed E-state index contributed by atoms with van der Waals surface area (Å²) in [4.78, 5) is 27.2. The molecule has 1 aliphatic heterocycles. The molecule has 1 saturated heterocycles. The standard InChI is InChI=1S/C18H21Cl2N5O3/c1-12-10-17(25(27)28)21-24(12)13(2)18(26)23-8-6-22(7-9-23)11-14-15(19)4-3-5-16(14)20/h3-5,10,13H,6-9,11H2,1-2H3. The van der Waals surface area contributed by atoms with Crippen molar-refractivity contribution in [3.05, 3.63) is 55.7 Å². The number of benzene rings is 1. The number of piperazine rings is 1. The van der Waals surface area contributed by atoms with Gasteiger partial charge in [-0.2, -0.15) is 4.68 Å². The van der Waals surface area contributed by atoms with Gasteiger partial charge in [0.15, 0.2) is 0 Å². The Balaban J connectivity index is 1.61. The molecular weight excluding hydrogens is 405 g/mol. The number of nitro groups is 1. The van der Waals surface area contributed by atoms with Crippen LogP contribution in [0.3, 0.4) is 0 Å². The predicted octanol–water partition coefficient (Wildman–Crippen LogP) is 3.31. The van der Waals surface area contributed by atoms with Crippen molar-refractivity contribution in [2.45, 2.75) is 26.4 Å². The number of rotatable bonds is 5. The van der Waals surface area contributed by atoms with Crippen molar-refractivity contribution in [2.75, 3.05) is 26.2 Å². The summed E-state index contributed by atoms with van der Waals surface area (Å²) in [5, 5.41) is 16.1. The topological polar surface area (TPSA) is 84.5 Å². The third-order valence-corrected chi connectivity index (χ3v) is 5.66. The van der Waals surface area contributed by atoms with Gasteiger partial charge in [0.1, 0.15) is 6.04 Å². The van der Waals surface area contributed by atoms with E-state index in [2.05, 4.69) is 10.00 Å². The molecule has 28 heavy (non-hydrogen) atoms. The largest absolute Gasteiger partial charge is 0.390 e. The molecule has 8 nitrogen and oxygen atoms in total. The number of aryl methyl sites for hydroxylation is 1. The second-order valence-corrected chi connectivity index (χ2v) is 7.64. The first-order valence-corrected chi connectivity index (χ1v) is 9.68. The molecule has 1 aromatic heterocycles. The summed E-state index contributed by atoms with van der Waals surface area (Å²) in [6.07, 6.45) is 0. The number of carbonyl (C=O) groups excluding carboxylic acids is 1. The highest BCUT2D eigenvalue weighted by Gasteiger charge is 2.30. The average Bonchev–Trinajstić information content (AvgIpc) is 3.06. The fourth-order valence-corrected chi connectivity index (χ4v) is 3.87. The predicted molar refractivity (Wildman–Crippen MR) is 107 cm³/mol. The Hall–Kier alpha value is -2.16. The summed E-state index contributed by atoms with van der Waals surface area (Å²) in [6, 6.07) is 6.22. The van der Waals surface area contributed by atoms with E-state index in [0.29, 0.717) is 48.5 Å². The van der Waals surface area contributed by atoms with Crippen LogP contribution >= 0.6 is 23.2 Å². The molecule has 1 aliphatic rings. The summed E-state index contributed by atoms with van der Waals surface area (Å²) in [5.74, 6) is -0.352. The van der Waals surface area contributed by atoms with E-state index in [0.717, 1.165) is 5.56 Å². The lowest BCUT2D eigenvalue weighted by Crippen LogP contribution is -2.50. The van der Waals surface area contributed by atoms with E-state index in [1.54, 1.807) is 18.7 Å². The fraction of sp³-hybridized carbons (Fsp3) is 0.444. The lowest BCUT2D eigenvalue weighted by Gasteiger charge is -2.36. The van der Waals surface area contributed by atoms with Crippen molar-refractivity contribution in [1.82, 2.24) is 19.6 Å². The van der Waals surface area contributed by atoms with Crippen molar-refractivity contribution in [3.8, 4) is 0 Å². The normalized spacial score (nSPS) is 16.2. The Morgan fingerprint density at radius 1 is 1.25 bits per heavy atom. The summed E-state index contributed by atoms with van der Waals surface area (Å²) in [5.41, 5.74) is 1.47. The van der Waals surface area contributed by atoms with Crippen molar-refractivity contribution in [3.63, 3.8) is 0 Å². The van der Waals surface area contributed by atoms with Crippen LogP contribution in [0.15, 0.2) is 24.3 Å². The Morgan fingerprint density at radius 3 is 2.39 bits per heavy atom. The highest BCUT2D eigenvalue weighted by atomic mass is 35.5. The smallest absolute Gasteiger partial charge is 0.358 e. The van der Waals surface area contributed by atoms with Gasteiger partial charge in [0.2, 0.25) is 5.91 Å². The van der Waals surface area contributed by atoms with Crippen LogP contribution in [-0.2, 0) is 11.3 Å². The van der Waals surface area contributed by atoms with E-state index >= 15 is 0 Å². The molecule has 1 amide bonds. The van der Waals surface area contributed by atoms with Crippen LogP contribution in [0.5, 0.6) is 0 Å². The molecule has 2 heterocycles. The minimum absolute atomic E-state index is 0.100. The van der Waals surface area contributed by atoms with Crippen LogP contribution in [0.1, 0.15) is 24.2 Å². The molecule has 3 rings (SSSR count). The SMILES string of the molecule is Cc1cc([N+](=O)[O-])nn1C(C)C(=O)N1CCN(Cc2c(Cl)cccc2Cl)CC1. The number of nitrogens with zero attached hydrogens (tertiary/aromatic N) is 5. The quantitative estimate of drug-likeness (QED) is 0.541. The number of amides is 1. The number of aromatic nitrogens is 2. The van der Waals surface area contributed by atoms with Gasteiger partial charge in [-0.15, -0.1) is 0 Å². The van der Waals surface area contributed by atoms with Gasteiger partial charge in [0.05, 0.1) is 16.9 Å². The van der Waals surface area contributed by atoms with E-state index in [1.165, 1.54) is 10.7 Å². The highest BCUT2D eigenvalue weighted by Crippen LogP contribution is 2.26. The minimum atomic E-state index is -0.599. The van der Waals surface area contributed by atoms with Crippen molar-refractivity contribution >= 4 is 34.9 Å². The lowest BCUT2D eigenvalue weighted by atomic mass is 10.2. The van der Waals surface area contributed by atoms with Gasteiger partial charge in [-0.3, -0.25) is 9.69 Å². The number of halogens is 2. The first-order chi connectivity index (χ1) is 13.3. The molecule has 0 aliphatic carbocycles. The van der Waals surface area contributed by atoms with Crippen molar-refractivity contribution < 1.29 is 9.72 Å². The molecule has 0 bridgehead atoms. The highest BCUT2D eigenvalue weighted by molar-refractivity contribution is 6.35. The zero-order chi connectivity index (χ0) is 20.4. The molecule has 10 heteroatoms. The Labute approximate surface area is 172 Å². The Morgan fingerprint density at radius 2 is 1.86 bits per heavy atom. The van der Waals surface area contributed by atoms with Gasteiger partial charge < -0.3 is 15.0 Å². The average molecular weight is 426 g/mol. The molecule has 0 N–H and O–H groups in total. The second-order valence-electron chi connectivity index (χ2n) is 6.82. The van der Waals surface area contributed by atoms with E-state index in [4.69, 9.17) is 23.2 Å². The summed E-state index contributed by atoms with van der Waals surface area (Å²) < 4.78 is 1.41. The Kier molecular flexibility index (Phi) is 6.22. The number of carbonyl (C=O) groups is 1. The third-order valence-electron chi connectivity index (χ3n) is 4.95. The van der Waals surface area contributed by atoms with Crippen molar-refractivity contribution in [1.29, 1.82) is 0 Å². The molecular formula is C18H21Cl2N5O3. The van der Waals surface area contributed by atoms with Crippen LogP contribution in [0, 0.1) is 17.0 Å². The molecule has 1 atom stereocenters. The maximum Gasteiger partial charge on any atom is 0.390 e. The lowest BCUT2D eigenvalue weighted by molar-refractivity contribution is -0.389. The first kappa shape index (κ1) is 20.6. The zero-order valence-corrected chi connectivity index (χ0v) is 17.2. The van der Waals surface area contributed by atoms with Crippen LogP contribution < -0.4 is 0 Å². The molecule has 150 valence electrons. The van der Waals surface area contributed by atoms with E-state index in [1.807, 2.05) is 18.2 Å². The monoisotopic (exact) mass is 425 g/mol. The number of hydrogen-bond acceptors (Lipinski definition) is 5. The summed E-state index contributed by atoms with van der Waals surface area (Å²) in [7, 11) is 0. The fourth-order valence-electron chi connectivity index (χ4n) is 3.35. The second kappa shape index (κ2) is 8.46. The number of hydrogen-bond donors (Lipinski definition) is 0. The van der Waals surface area contributed by atoms with Crippen LogP contribution in [-0.4, -0.2) is 56.6 Å². The molecule has 0 radical (unpaired) electrons. The third kappa shape index (κ3) is 4.29. The summed E-state index contributed by atoms with van der Waals surface area (Å²) >= 11 is 12.5. The molecule has 1 fully saturated rings. The Bertz CT molecular complexity index is 873. The van der Waals surface area contributed by atoms with Gasteiger partial charge in [-0.25, -0.2) is 0 Å². The van der Waals surface area contributed by atoms with Crippen LogP contribution in [0.4, 0.5) is 5.82 Å². The van der Waals surface area contributed by atoms with E-state index in [9.17, 15) is 14.9 Å². The minimum Gasteiger partial charge on any atom is -0.358 e. The van der Waals surface area contributed by atoms with Gasteiger partial charge in [-0.05, 0) is 30.9 Å². The molecule has 1 aromatic carbocycles. The molecule has 1 unspecified atom stereocenters. The first-order valence-electron chi connectivity index (χ1n) is 8.92.